The molecule has 1 fully saturated rings. The highest BCUT2D eigenvalue weighted by molar-refractivity contribution is 6.08. The van der Waals surface area contributed by atoms with Gasteiger partial charge in [0.1, 0.15) is 5.82 Å². The van der Waals surface area contributed by atoms with Crippen LogP contribution in [-0.2, 0) is 9.59 Å². The molecule has 8 heteroatoms. The number of nitrogens with zero attached hydrogens (tertiary/aromatic N) is 2. The van der Waals surface area contributed by atoms with Gasteiger partial charge in [-0.15, -0.1) is 0 Å². The molecule has 2 aliphatic heterocycles. The average Bonchev–Trinajstić information content (AvgIpc) is 2.79. The fourth-order valence-electron chi connectivity index (χ4n) is 4.51. The predicted octanol–water partition coefficient (Wildman–Crippen LogP) is 3.22. The molecular weight excluding hydrogens is 406 g/mol. The molecule has 3 aromatic rings. The number of benzene rings is 2. The maximum absolute atomic E-state index is 13.2. The fourth-order valence-corrected chi connectivity index (χ4v) is 4.51. The topological polar surface area (TPSA) is 107 Å². The van der Waals surface area contributed by atoms with Crippen LogP contribution in [0.25, 0.3) is 10.8 Å². The first-order valence-corrected chi connectivity index (χ1v) is 11.0. The lowest BCUT2D eigenvalue weighted by Gasteiger charge is -2.31. The summed E-state index contributed by atoms with van der Waals surface area (Å²) >= 11 is 0. The zero-order valence-corrected chi connectivity index (χ0v) is 17.9. The van der Waals surface area contributed by atoms with Gasteiger partial charge in [0.05, 0.1) is 11.5 Å². The SMILES string of the molecule is CC1CCN(c2nc3c(c(=O)[nH]2)[C@@H](C(=O)Nc2cccc4ccccc24)CC(=O)N3)CC1. The molecule has 2 aromatic carbocycles. The number of hydrogen-bond acceptors (Lipinski definition) is 5. The Bertz CT molecular complexity index is 1250. The minimum Gasteiger partial charge on any atom is -0.342 e. The van der Waals surface area contributed by atoms with Gasteiger partial charge in [-0.05, 0) is 30.2 Å². The normalized spacial score (nSPS) is 18.8. The van der Waals surface area contributed by atoms with E-state index in [9.17, 15) is 14.4 Å². The van der Waals surface area contributed by atoms with Crippen molar-refractivity contribution in [2.45, 2.75) is 32.1 Å². The maximum Gasteiger partial charge on any atom is 0.258 e. The molecule has 5 rings (SSSR count). The zero-order valence-electron chi connectivity index (χ0n) is 17.9. The molecule has 0 bridgehead atoms. The van der Waals surface area contributed by atoms with Gasteiger partial charge in [0.25, 0.3) is 5.56 Å². The number of piperidine rings is 1. The number of anilines is 3. The van der Waals surface area contributed by atoms with Gasteiger partial charge in [-0.3, -0.25) is 19.4 Å². The van der Waals surface area contributed by atoms with Crippen LogP contribution in [0.5, 0.6) is 0 Å². The van der Waals surface area contributed by atoms with Crippen LogP contribution in [0.2, 0.25) is 0 Å². The van der Waals surface area contributed by atoms with E-state index in [4.69, 9.17) is 0 Å². The number of nitrogens with one attached hydrogen (secondary N) is 3. The molecule has 164 valence electrons. The highest BCUT2D eigenvalue weighted by atomic mass is 16.2. The number of hydrogen-bond donors (Lipinski definition) is 3. The molecule has 1 atom stereocenters. The maximum atomic E-state index is 13.2. The van der Waals surface area contributed by atoms with Gasteiger partial charge in [-0.2, -0.15) is 4.98 Å². The van der Waals surface area contributed by atoms with Gasteiger partial charge in [0.15, 0.2) is 0 Å². The molecular formula is C24H25N5O3. The summed E-state index contributed by atoms with van der Waals surface area (Å²) in [5.41, 5.74) is 0.460. The molecule has 2 amide bonds. The third kappa shape index (κ3) is 3.72. The molecule has 3 N–H and O–H groups in total. The van der Waals surface area contributed by atoms with Crippen molar-refractivity contribution in [1.82, 2.24) is 9.97 Å². The fraction of sp³-hybridized carbons (Fsp3) is 0.333. The number of rotatable bonds is 3. The summed E-state index contributed by atoms with van der Waals surface area (Å²) in [6, 6.07) is 13.4. The van der Waals surface area contributed by atoms with Crippen LogP contribution in [0.15, 0.2) is 47.3 Å². The minimum absolute atomic E-state index is 0.102. The summed E-state index contributed by atoms with van der Waals surface area (Å²) in [4.78, 5) is 48.0. The van der Waals surface area contributed by atoms with Crippen molar-refractivity contribution >= 4 is 40.0 Å². The predicted molar refractivity (Wildman–Crippen MR) is 124 cm³/mol. The summed E-state index contributed by atoms with van der Waals surface area (Å²) in [7, 11) is 0. The average molecular weight is 431 g/mol. The van der Waals surface area contributed by atoms with Crippen molar-refractivity contribution in [1.29, 1.82) is 0 Å². The molecule has 0 unspecified atom stereocenters. The first kappa shape index (κ1) is 20.2. The number of aromatic nitrogens is 2. The van der Waals surface area contributed by atoms with Crippen molar-refractivity contribution in [3.05, 3.63) is 58.4 Å². The Hall–Kier alpha value is -3.68. The molecule has 0 radical (unpaired) electrons. The van der Waals surface area contributed by atoms with Gasteiger partial charge >= 0.3 is 0 Å². The molecule has 1 saturated heterocycles. The van der Waals surface area contributed by atoms with Gasteiger partial charge < -0.3 is 15.5 Å². The van der Waals surface area contributed by atoms with E-state index >= 15 is 0 Å². The first-order chi connectivity index (χ1) is 15.5. The van der Waals surface area contributed by atoms with Gasteiger partial charge in [0.2, 0.25) is 17.8 Å². The third-order valence-corrected chi connectivity index (χ3v) is 6.39. The van der Waals surface area contributed by atoms with E-state index in [1.807, 2.05) is 47.4 Å². The van der Waals surface area contributed by atoms with Crippen LogP contribution in [0.1, 0.15) is 37.7 Å². The molecule has 2 aliphatic rings. The lowest BCUT2D eigenvalue weighted by atomic mass is 9.92. The zero-order chi connectivity index (χ0) is 22.2. The highest BCUT2D eigenvalue weighted by Gasteiger charge is 2.35. The lowest BCUT2D eigenvalue weighted by molar-refractivity contribution is -0.123. The Kier molecular flexibility index (Phi) is 5.13. The van der Waals surface area contributed by atoms with E-state index in [1.165, 1.54) is 0 Å². The van der Waals surface area contributed by atoms with Crippen LogP contribution in [-0.4, -0.2) is 34.9 Å². The second kappa shape index (κ2) is 8.11. The number of fused-ring (bicyclic) bond motifs is 2. The van der Waals surface area contributed by atoms with Gasteiger partial charge in [-0.25, -0.2) is 0 Å². The van der Waals surface area contributed by atoms with Crippen molar-refractivity contribution in [3.8, 4) is 0 Å². The summed E-state index contributed by atoms with van der Waals surface area (Å²) in [5.74, 6) is -0.384. The van der Waals surface area contributed by atoms with E-state index in [0.717, 1.165) is 36.7 Å². The molecule has 1 aromatic heterocycles. The van der Waals surface area contributed by atoms with Crippen molar-refractivity contribution in [2.75, 3.05) is 28.6 Å². The molecule has 3 heterocycles. The summed E-state index contributed by atoms with van der Waals surface area (Å²) < 4.78 is 0. The van der Waals surface area contributed by atoms with E-state index in [-0.39, 0.29) is 29.3 Å². The Morgan fingerprint density at radius 1 is 1.09 bits per heavy atom. The van der Waals surface area contributed by atoms with Crippen molar-refractivity contribution < 1.29 is 9.59 Å². The van der Waals surface area contributed by atoms with E-state index in [0.29, 0.717) is 17.6 Å². The Labute approximate surface area is 185 Å². The molecule has 8 nitrogen and oxygen atoms in total. The number of amides is 2. The van der Waals surface area contributed by atoms with Crippen LogP contribution in [0.3, 0.4) is 0 Å². The molecule has 0 saturated carbocycles. The van der Waals surface area contributed by atoms with E-state index in [1.54, 1.807) is 0 Å². The van der Waals surface area contributed by atoms with E-state index in [2.05, 4.69) is 27.5 Å². The van der Waals surface area contributed by atoms with Crippen molar-refractivity contribution in [3.63, 3.8) is 0 Å². The monoisotopic (exact) mass is 431 g/mol. The molecule has 0 aliphatic carbocycles. The van der Waals surface area contributed by atoms with Crippen LogP contribution < -0.4 is 21.1 Å². The van der Waals surface area contributed by atoms with Gasteiger partial charge in [-0.1, -0.05) is 43.3 Å². The summed E-state index contributed by atoms with van der Waals surface area (Å²) in [6.45, 7) is 3.80. The van der Waals surface area contributed by atoms with Crippen LogP contribution in [0, 0.1) is 5.92 Å². The molecule has 0 spiro atoms. The largest absolute Gasteiger partial charge is 0.342 e. The summed E-state index contributed by atoms with van der Waals surface area (Å²) in [5, 5.41) is 7.49. The summed E-state index contributed by atoms with van der Waals surface area (Å²) in [6.07, 6.45) is 1.93. The number of carbonyl (C=O) groups excluding carboxylic acids is 2. The number of carbonyl (C=O) groups is 2. The standard InChI is InChI=1S/C24H25N5O3/c1-14-9-11-29(12-10-14)24-27-21-20(23(32)28-24)17(13-19(30)26-21)22(31)25-18-8-4-6-15-5-2-3-7-16(15)18/h2-8,14,17H,9-13H2,1H3,(H,25,31)(H2,26,27,28,30,32)/t17-/m0/s1. The quantitative estimate of drug-likeness (QED) is 0.590. The lowest BCUT2D eigenvalue weighted by Crippen LogP contribution is -2.39. The second-order valence-corrected chi connectivity index (χ2v) is 8.64. The third-order valence-electron chi connectivity index (χ3n) is 6.39. The number of aromatic amines is 1. The Morgan fingerprint density at radius 2 is 1.84 bits per heavy atom. The van der Waals surface area contributed by atoms with Gasteiger partial charge in [0, 0.05) is 30.6 Å². The second-order valence-electron chi connectivity index (χ2n) is 8.64. The Morgan fingerprint density at radius 3 is 2.66 bits per heavy atom. The highest BCUT2D eigenvalue weighted by Crippen LogP contribution is 2.32. The molecule has 32 heavy (non-hydrogen) atoms. The Balaban J connectivity index is 1.46. The minimum atomic E-state index is -0.913. The first-order valence-electron chi connectivity index (χ1n) is 11.0. The number of H-pyrrole nitrogens is 1. The van der Waals surface area contributed by atoms with Crippen molar-refractivity contribution in [2.24, 2.45) is 5.92 Å². The van der Waals surface area contributed by atoms with Crippen LogP contribution >= 0.6 is 0 Å². The smallest absolute Gasteiger partial charge is 0.258 e. The van der Waals surface area contributed by atoms with Crippen LogP contribution in [0.4, 0.5) is 17.5 Å². The van der Waals surface area contributed by atoms with E-state index < -0.39 is 11.8 Å².